The molecular weight excluding hydrogens is 272 g/mol. The number of aryl methyl sites for hydroxylation is 2. The molecule has 0 saturated carbocycles. The number of rotatable bonds is 3. The first kappa shape index (κ1) is 13.4. The highest BCUT2D eigenvalue weighted by atomic mass is 32.1. The van der Waals surface area contributed by atoms with Crippen molar-refractivity contribution in [3.8, 4) is 0 Å². The van der Waals surface area contributed by atoms with Gasteiger partial charge in [0.25, 0.3) is 0 Å². The Balaban J connectivity index is 1.73. The Bertz CT molecular complexity index is 617. The molecule has 106 valence electrons. The fourth-order valence-corrected chi connectivity index (χ4v) is 3.63. The topological polar surface area (TPSA) is 46.3 Å². The number of aromatic nitrogens is 1. The molecule has 20 heavy (non-hydrogen) atoms. The summed E-state index contributed by atoms with van der Waals surface area (Å²) in [4.78, 5) is 16.8. The van der Waals surface area contributed by atoms with Gasteiger partial charge in [0.15, 0.2) is 0 Å². The number of carbonyl (C=O) groups excluding carboxylic acids is 1. The molecule has 0 N–H and O–H groups in total. The molecule has 5 heteroatoms. The van der Waals surface area contributed by atoms with Crippen molar-refractivity contribution in [3.05, 3.63) is 39.4 Å². The number of thiophene rings is 1. The molecule has 2 aromatic heterocycles. The lowest BCUT2D eigenvalue weighted by molar-refractivity contribution is -0.131. The average Bonchev–Trinajstić information content (AvgIpc) is 3.09. The zero-order valence-electron chi connectivity index (χ0n) is 11.8. The molecule has 0 spiro atoms. The van der Waals surface area contributed by atoms with E-state index in [2.05, 4.69) is 18.1 Å². The molecule has 2 aromatic rings. The molecule has 0 bridgehead atoms. The first-order chi connectivity index (χ1) is 9.63. The number of nitrogens with zero attached hydrogens (tertiary/aromatic N) is 2. The third kappa shape index (κ3) is 2.63. The van der Waals surface area contributed by atoms with Crippen molar-refractivity contribution in [1.29, 1.82) is 0 Å². The summed E-state index contributed by atoms with van der Waals surface area (Å²) in [6.07, 6.45) is 2.50. The van der Waals surface area contributed by atoms with E-state index in [-0.39, 0.29) is 11.9 Å². The van der Waals surface area contributed by atoms with Crippen molar-refractivity contribution in [2.24, 2.45) is 0 Å². The number of hydrogen-bond acceptors (Lipinski definition) is 4. The van der Waals surface area contributed by atoms with Crippen LogP contribution in [-0.2, 0) is 11.2 Å². The molecular formula is C15H18N2O2S. The van der Waals surface area contributed by atoms with Gasteiger partial charge >= 0.3 is 0 Å². The largest absolute Gasteiger partial charge is 0.361 e. The Morgan fingerprint density at radius 1 is 1.50 bits per heavy atom. The zero-order chi connectivity index (χ0) is 14.1. The quantitative estimate of drug-likeness (QED) is 0.871. The number of likely N-dealkylation sites (tertiary alicyclic amines) is 1. The maximum Gasteiger partial charge on any atom is 0.228 e. The molecule has 4 nitrogen and oxygen atoms in total. The van der Waals surface area contributed by atoms with Gasteiger partial charge in [0, 0.05) is 22.4 Å². The summed E-state index contributed by atoms with van der Waals surface area (Å²) in [5.41, 5.74) is 0.885. The lowest BCUT2D eigenvalue weighted by Crippen LogP contribution is -2.31. The van der Waals surface area contributed by atoms with E-state index in [9.17, 15) is 4.79 Å². The fourth-order valence-electron chi connectivity index (χ4n) is 2.75. The third-order valence-electron chi connectivity index (χ3n) is 3.68. The summed E-state index contributed by atoms with van der Waals surface area (Å²) >= 11 is 1.69. The van der Waals surface area contributed by atoms with Crippen LogP contribution in [0.15, 0.2) is 22.7 Å². The summed E-state index contributed by atoms with van der Waals surface area (Å²) in [5, 5.41) is 4.08. The van der Waals surface area contributed by atoms with Crippen LogP contribution in [0.2, 0.25) is 0 Å². The molecule has 3 heterocycles. The van der Waals surface area contributed by atoms with E-state index in [1.807, 2.05) is 24.0 Å². The highest BCUT2D eigenvalue weighted by molar-refractivity contribution is 7.12. The maximum atomic E-state index is 12.5. The van der Waals surface area contributed by atoms with Gasteiger partial charge in [-0.3, -0.25) is 4.79 Å². The van der Waals surface area contributed by atoms with Crippen LogP contribution in [0.1, 0.15) is 40.1 Å². The SMILES string of the molecule is Cc1cc([C@H]2CCCN2C(=O)Cc2ccc(C)s2)no1. The molecule has 0 aromatic carbocycles. The average molecular weight is 290 g/mol. The van der Waals surface area contributed by atoms with Crippen molar-refractivity contribution in [1.82, 2.24) is 10.1 Å². The summed E-state index contributed by atoms with van der Waals surface area (Å²) in [6.45, 7) is 4.77. The predicted molar refractivity (Wildman–Crippen MR) is 77.7 cm³/mol. The minimum absolute atomic E-state index is 0.0843. The monoisotopic (exact) mass is 290 g/mol. The van der Waals surface area contributed by atoms with E-state index < -0.39 is 0 Å². The molecule has 3 rings (SSSR count). The molecule has 0 unspecified atom stereocenters. The Morgan fingerprint density at radius 3 is 3.00 bits per heavy atom. The minimum Gasteiger partial charge on any atom is -0.361 e. The summed E-state index contributed by atoms with van der Waals surface area (Å²) < 4.78 is 5.14. The maximum absolute atomic E-state index is 12.5. The number of hydrogen-bond donors (Lipinski definition) is 0. The van der Waals surface area contributed by atoms with Crippen LogP contribution in [0.4, 0.5) is 0 Å². The van der Waals surface area contributed by atoms with Crippen LogP contribution in [0, 0.1) is 13.8 Å². The van der Waals surface area contributed by atoms with Crippen LogP contribution in [0.3, 0.4) is 0 Å². The molecule has 0 radical (unpaired) electrons. The van der Waals surface area contributed by atoms with E-state index in [1.165, 1.54) is 4.88 Å². The van der Waals surface area contributed by atoms with E-state index in [0.717, 1.165) is 35.7 Å². The molecule has 1 aliphatic rings. The van der Waals surface area contributed by atoms with Gasteiger partial charge in [-0.1, -0.05) is 5.16 Å². The fraction of sp³-hybridized carbons (Fsp3) is 0.467. The molecule has 0 aliphatic carbocycles. The Kier molecular flexibility index (Phi) is 3.61. The van der Waals surface area contributed by atoms with Gasteiger partial charge in [0.05, 0.1) is 12.5 Å². The van der Waals surface area contributed by atoms with Gasteiger partial charge in [-0.2, -0.15) is 0 Å². The third-order valence-corrected chi connectivity index (χ3v) is 4.68. The summed E-state index contributed by atoms with van der Waals surface area (Å²) in [7, 11) is 0. The van der Waals surface area contributed by atoms with Gasteiger partial charge in [-0.05, 0) is 38.8 Å². The predicted octanol–water partition coefficient (Wildman–Crippen LogP) is 3.26. The van der Waals surface area contributed by atoms with Gasteiger partial charge in [-0.25, -0.2) is 0 Å². The normalized spacial score (nSPS) is 18.7. The van der Waals surface area contributed by atoms with E-state index >= 15 is 0 Å². The standard InChI is InChI=1S/C15H18N2O2S/c1-10-8-13(16-19-10)14-4-3-7-17(14)15(18)9-12-6-5-11(2)20-12/h5-6,8,14H,3-4,7,9H2,1-2H3/t14-/m1/s1. The minimum atomic E-state index is 0.0843. The van der Waals surface area contributed by atoms with E-state index in [0.29, 0.717) is 6.42 Å². The zero-order valence-corrected chi connectivity index (χ0v) is 12.6. The molecule has 1 amide bonds. The first-order valence-corrected chi connectivity index (χ1v) is 7.73. The van der Waals surface area contributed by atoms with Gasteiger partial charge in [-0.15, -0.1) is 11.3 Å². The van der Waals surface area contributed by atoms with E-state index in [1.54, 1.807) is 11.3 Å². The Hall–Kier alpha value is -1.62. The number of amides is 1. The number of carbonyl (C=O) groups is 1. The van der Waals surface area contributed by atoms with Crippen LogP contribution in [0.25, 0.3) is 0 Å². The van der Waals surface area contributed by atoms with E-state index in [4.69, 9.17) is 4.52 Å². The highest BCUT2D eigenvalue weighted by Crippen LogP contribution is 2.32. The van der Waals surface area contributed by atoms with Crippen molar-refractivity contribution in [2.45, 2.75) is 39.2 Å². The second-order valence-corrected chi connectivity index (χ2v) is 6.67. The first-order valence-electron chi connectivity index (χ1n) is 6.91. The Labute approximate surface area is 122 Å². The van der Waals surface area contributed by atoms with Crippen molar-refractivity contribution in [2.75, 3.05) is 6.54 Å². The molecule has 1 fully saturated rings. The van der Waals surface area contributed by atoms with Gasteiger partial charge in [0.1, 0.15) is 11.5 Å². The van der Waals surface area contributed by atoms with Crippen LogP contribution in [-0.4, -0.2) is 22.5 Å². The summed E-state index contributed by atoms with van der Waals surface area (Å²) in [5.74, 6) is 0.989. The lowest BCUT2D eigenvalue weighted by atomic mass is 10.1. The van der Waals surface area contributed by atoms with Gasteiger partial charge < -0.3 is 9.42 Å². The lowest BCUT2D eigenvalue weighted by Gasteiger charge is -2.22. The van der Waals surface area contributed by atoms with Gasteiger partial charge in [0.2, 0.25) is 5.91 Å². The van der Waals surface area contributed by atoms with Crippen LogP contribution >= 0.6 is 11.3 Å². The van der Waals surface area contributed by atoms with Crippen LogP contribution < -0.4 is 0 Å². The molecule has 1 aliphatic heterocycles. The van der Waals surface area contributed by atoms with Crippen molar-refractivity contribution < 1.29 is 9.32 Å². The van der Waals surface area contributed by atoms with Crippen LogP contribution in [0.5, 0.6) is 0 Å². The van der Waals surface area contributed by atoms with Crippen molar-refractivity contribution >= 4 is 17.2 Å². The second kappa shape index (κ2) is 5.40. The Morgan fingerprint density at radius 2 is 2.35 bits per heavy atom. The molecule has 1 atom stereocenters. The molecule has 1 saturated heterocycles. The second-order valence-electron chi connectivity index (χ2n) is 5.30. The highest BCUT2D eigenvalue weighted by Gasteiger charge is 2.31. The van der Waals surface area contributed by atoms with Crippen molar-refractivity contribution in [3.63, 3.8) is 0 Å². The smallest absolute Gasteiger partial charge is 0.228 e. The summed E-state index contributed by atoms with van der Waals surface area (Å²) in [6, 6.07) is 6.13.